The summed E-state index contributed by atoms with van der Waals surface area (Å²) >= 11 is 0. The van der Waals surface area contributed by atoms with Gasteiger partial charge in [-0.2, -0.15) is 0 Å². The smallest absolute Gasteiger partial charge is 0.0226 e. The van der Waals surface area contributed by atoms with E-state index in [0.29, 0.717) is 0 Å². The zero-order chi connectivity index (χ0) is 12.9. The minimum Gasteiger partial charge on any atom is -0.324 e. The lowest BCUT2D eigenvalue weighted by atomic mass is 9.94. The van der Waals surface area contributed by atoms with Crippen LogP contribution in [0.4, 0.5) is 0 Å². The Morgan fingerprint density at radius 2 is 1.67 bits per heavy atom. The molecule has 0 aromatic carbocycles. The van der Waals surface area contributed by atoms with E-state index < -0.39 is 0 Å². The molecule has 0 atom stereocenters. The van der Waals surface area contributed by atoms with Crippen LogP contribution in [-0.2, 0) is 0 Å². The van der Waals surface area contributed by atoms with Gasteiger partial charge in [-0.25, -0.2) is 0 Å². The predicted octanol–water partition coefficient (Wildman–Crippen LogP) is 2.20. The van der Waals surface area contributed by atoms with E-state index in [2.05, 4.69) is 37.5 Å². The van der Waals surface area contributed by atoms with Crippen molar-refractivity contribution >= 4 is 12.4 Å². The molecule has 0 unspecified atom stereocenters. The molecule has 0 radical (unpaired) electrons. The fourth-order valence-electron chi connectivity index (χ4n) is 2.75. The van der Waals surface area contributed by atoms with Gasteiger partial charge in [-0.1, -0.05) is 13.8 Å². The molecule has 1 aliphatic heterocycles. The highest BCUT2D eigenvalue weighted by Crippen LogP contribution is 2.19. The molecule has 18 heavy (non-hydrogen) atoms. The molecule has 1 heterocycles. The van der Waals surface area contributed by atoms with Crippen LogP contribution in [0.25, 0.3) is 0 Å². The Morgan fingerprint density at radius 1 is 1.17 bits per heavy atom. The number of hydrogen-bond donors (Lipinski definition) is 1. The number of likely N-dealkylation sites (tertiary alicyclic amines) is 1. The standard InChI is InChI=1S/C14H31N3.ClH/c1-5-16(6-2)11-13-7-9-17(10-8-13)12-14(3,4)15;/h13H,5-12,15H2,1-4H3;1H. The van der Waals surface area contributed by atoms with Crippen molar-refractivity contribution < 1.29 is 0 Å². The summed E-state index contributed by atoms with van der Waals surface area (Å²) in [4.78, 5) is 5.08. The van der Waals surface area contributed by atoms with Crippen molar-refractivity contribution in [2.75, 3.05) is 39.3 Å². The Labute approximate surface area is 119 Å². The maximum Gasteiger partial charge on any atom is 0.0226 e. The maximum absolute atomic E-state index is 6.07. The van der Waals surface area contributed by atoms with Gasteiger partial charge in [-0.05, 0) is 58.8 Å². The van der Waals surface area contributed by atoms with Crippen LogP contribution in [0.15, 0.2) is 0 Å². The van der Waals surface area contributed by atoms with Crippen molar-refractivity contribution in [3.8, 4) is 0 Å². The lowest BCUT2D eigenvalue weighted by molar-refractivity contribution is 0.132. The summed E-state index contributed by atoms with van der Waals surface area (Å²) < 4.78 is 0. The number of halogens is 1. The van der Waals surface area contributed by atoms with Crippen molar-refractivity contribution in [1.29, 1.82) is 0 Å². The van der Waals surface area contributed by atoms with Crippen LogP contribution in [0, 0.1) is 5.92 Å². The van der Waals surface area contributed by atoms with Crippen LogP contribution >= 0.6 is 12.4 Å². The SMILES string of the molecule is CCN(CC)CC1CCN(CC(C)(C)N)CC1.Cl. The van der Waals surface area contributed by atoms with Crippen LogP contribution in [-0.4, -0.2) is 54.6 Å². The second-order valence-corrected chi connectivity index (χ2v) is 6.19. The van der Waals surface area contributed by atoms with Gasteiger partial charge in [0.1, 0.15) is 0 Å². The molecule has 110 valence electrons. The number of piperidine rings is 1. The molecular formula is C14H32ClN3. The first-order valence-electron chi connectivity index (χ1n) is 7.18. The molecule has 0 amide bonds. The molecule has 1 saturated heterocycles. The second-order valence-electron chi connectivity index (χ2n) is 6.19. The Balaban J connectivity index is 0.00000289. The molecule has 2 N–H and O–H groups in total. The zero-order valence-corrected chi connectivity index (χ0v) is 13.4. The molecular weight excluding hydrogens is 246 g/mol. The Bertz CT molecular complexity index is 204. The maximum atomic E-state index is 6.07. The fourth-order valence-corrected chi connectivity index (χ4v) is 2.75. The van der Waals surface area contributed by atoms with Gasteiger partial charge in [0, 0.05) is 18.6 Å². The first-order chi connectivity index (χ1) is 7.94. The van der Waals surface area contributed by atoms with Gasteiger partial charge in [0.15, 0.2) is 0 Å². The largest absolute Gasteiger partial charge is 0.324 e. The van der Waals surface area contributed by atoms with Crippen molar-refractivity contribution in [2.45, 2.75) is 46.1 Å². The highest BCUT2D eigenvalue weighted by Gasteiger charge is 2.23. The van der Waals surface area contributed by atoms with Crippen molar-refractivity contribution in [1.82, 2.24) is 9.80 Å². The summed E-state index contributed by atoms with van der Waals surface area (Å²) in [6.07, 6.45) is 2.68. The minimum absolute atomic E-state index is 0. The molecule has 1 rings (SSSR count). The number of nitrogens with zero attached hydrogens (tertiary/aromatic N) is 2. The third-order valence-corrected chi connectivity index (χ3v) is 3.75. The molecule has 3 nitrogen and oxygen atoms in total. The van der Waals surface area contributed by atoms with E-state index in [0.717, 1.165) is 12.5 Å². The topological polar surface area (TPSA) is 32.5 Å². The zero-order valence-electron chi connectivity index (χ0n) is 12.6. The molecule has 4 heteroatoms. The van der Waals surface area contributed by atoms with Crippen molar-refractivity contribution in [3.63, 3.8) is 0 Å². The average molecular weight is 278 g/mol. The van der Waals surface area contributed by atoms with Crippen LogP contribution in [0.3, 0.4) is 0 Å². The minimum atomic E-state index is -0.0499. The van der Waals surface area contributed by atoms with E-state index in [4.69, 9.17) is 5.73 Å². The van der Waals surface area contributed by atoms with Gasteiger partial charge in [-0.3, -0.25) is 0 Å². The monoisotopic (exact) mass is 277 g/mol. The van der Waals surface area contributed by atoms with E-state index in [1.54, 1.807) is 0 Å². The highest BCUT2D eigenvalue weighted by molar-refractivity contribution is 5.85. The van der Waals surface area contributed by atoms with Crippen LogP contribution < -0.4 is 5.73 Å². The number of nitrogens with two attached hydrogens (primary N) is 1. The van der Waals surface area contributed by atoms with Gasteiger partial charge < -0.3 is 15.5 Å². The first kappa shape index (κ1) is 18.2. The lowest BCUT2D eigenvalue weighted by Crippen LogP contribution is -2.48. The van der Waals surface area contributed by atoms with Gasteiger partial charge in [0.2, 0.25) is 0 Å². The van der Waals surface area contributed by atoms with E-state index >= 15 is 0 Å². The molecule has 0 spiro atoms. The van der Waals surface area contributed by atoms with E-state index in [1.807, 2.05) is 0 Å². The van der Waals surface area contributed by atoms with E-state index in [-0.39, 0.29) is 17.9 Å². The Hall–Kier alpha value is 0.170. The van der Waals surface area contributed by atoms with Crippen LogP contribution in [0.2, 0.25) is 0 Å². The quantitative estimate of drug-likeness (QED) is 0.808. The summed E-state index contributed by atoms with van der Waals surface area (Å²) in [5.74, 6) is 0.895. The third kappa shape index (κ3) is 6.93. The molecule has 1 aliphatic rings. The molecule has 0 aliphatic carbocycles. The highest BCUT2D eigenvalue weighted by atomic mass is 35.5. The summed E-state index contributed by atoms with van der Waals surface area (Å²) in [5, 5.41) is 0. The molecule has 0 aromatic heterocycles. The average Bonchev–Trinajstić information content (AvgIpc) is 2.26. The van der Waals surface area contributed by atoms with Crippen LogP contribution in [0.5, 0.6) is 0 Å². The molecule has 0 bridgehead atoms. The number of hydrogen-bond acceptors (Lipinski definition) is 3. The molecule has 0 aromatic rings. The van der Waals surface area contributed by atoms with Gasteiger partial charge in [0.25, 0.3) is 0 Å². The summed E-state index contributed by atoms with van der Waals surface area (Å²) in [5.41, 5.74) is 6.02. The van der Waals surface area contributed by atoms with Crippen molar-refractivity contribution in [3.05, 3.63) is 0 Å². The predicted molar refractivity (Wildman–Crippen MR) is 82.5 cm³/mol. The first-order valence-corrected chi connectivity index (χ1v) is 7.18. The Kier molecular flexibility index (Phi) is 8.44. The van der Waals surface area contributed by atoms with Gasteiger partial charge in [0.05, 0.1) is 0 Å². The summed E-state index contributed by atoms with van der Waals surface area (Å²) in [6.45, 7) is 15.9. The summed E-state index contributed by atoms with van der Waals surface area (Å²) in [6, 6.07) is 0. The third-order valence-electron chi connectivity index (χ3n) is 3.75. The van der Waals surface area contributed by atoms with E-state index in [9.17, 15) is 0 Å². The molecule has 1 fully saturated rings. The van der Waals surface area contributed by atoms with Crippen LogP contribution in [0.1, 0.15) is 40.5 Å². The number of rotatable bonds is 6. The normalized spacial score (nSPS) is 19.0. The van der Waals surface area contributed by atoms with Gasteiger partial charge in [-0.15, -0.1) is 12.4 Å². The van der Waals surface area contributed by atoms with Gasteiger partial charge >= 0.3 is 0 Å². The fraction of sp³-hybridized carbons (Fsp3) is 1.00. The Morgan fingerprint density at radius 3 is 2.06 bits per heavy atom. The van der Waals surface area contributed by atoms with E-state index in [1.165, 1.54) is 45.6 Å². The molecule has 0 saturated carbocycles. The lowest BCUT2D eigenvalue weighted by Gasteiger charge is -2.37. The second kappa shape index (κ2) is 8.36. The summed E-state index contributed by atoms with van der Waals surface area (Å²) in [7, 11) is 0. The van der Waals surface area contributed by atoms with Crippen molar-refractivity contribution in [2.24, 2.45) is 11.7 Å².